The Bertz CT molecular complexity index is 488. The van der Waals surface area contributed by atoms with Gasteiger partial charge < -0.3 is 4.98 Å². The van der Waals surface area contributed by atoms with Crippen LogP contribution in [0.3, 0.4) is 0 Å². The molecule has 0 aliphatic heterocycles. The molecule has 2 heteroatoms. The zero-order chi connectivity index (χ0) is 13.0. The monoisotopic (exact) mass is 256 g/mol. The molecule has 0 aromatic carbocycles. The first kappa shape index (κ1) is 11.7. The minimum absolute atomic E-state index is 0.306. The molecule has 1 heterocycles. The predicted molar refractivity (Wildman–Crippen MR) is 78.8 cm³/mol. The van der Waals surface area contributed by atoms with Crippen LogP contribution in [-0.2, 0) is 0 Å². The van der Waals surface area contributed by atoms with Crippen molar-refractivity contribution in [2.24, 2.45) is 22.7 Å². The molecule has 2 nitrogen and oxygen atoms in total. The first-order valence-electron chi connectivity index (χ1n) is 7.83. The fraction of sp³-hybridized carbons (Fsp3) is 0.706. The van der Waals surface area contributed by atoms with Crippen molar-refractivity contribution in [2.75, 3.05) is 0 Å². The quantitative estimate of drug-likeness (QED) is 0.774. The molecule has 102 valence electrons. The lowest BCUT2D eigenvalue weighted by atomic mass is 9.53. The number of H-pyrrole nitrogens is 1. The normalized spacial score (nSPS) is 40.4. The van der Waals surface area contributed by atoms with Crippen molar-refractivity contribution in [1.29, 1.82) is 0 Å². The van der Waals surface area contributed by atoms with Gasteiger partial charge in [0.05, 0.1) is 11.2 Å². The number of nitrogens with zero attached hydrogens (tertiary/aromatic N) is 1. The summed E-state index contributed by atoms with van der Waals surface area (Å²) in [6, 6.07) is 2.21. The molecule has 4 bridgehead atoms. The van der Waals surface area contributed by atoms with Gasteiger partial charge in [-0.1, -0.05) is 0 Å². The van der Waals surface area contributed by atoms with Crippen LogP contribution in [0.15, 0.2) is 11.1 Å². The molecule has 4 fully saturated rings. The maximum absolute atomic E-state index is 5.10. The summed E-state index contributed by atoms with van der Waals surface area (Å²) in [6.07, 6.45) is 10.7. The minimum atomic E-state index is 0.306. The lowest BCUT2D eigenvalue weighted by Crippen LogP contribution is -2.49. The summed E-state index contributed by atoms with van der Waals surface area (Å²) in [5, 5.41) is 0. The summed E-state index contributed by atoms with van der Waals surface area (Å²) in [4.78, 5) is 8.53. The topological polar surface area (TPSA) is 28.1 Å². The highest BCUT2D eigenvalue weighted by Gasteiger charge is 2.50. The Balaban J connectivity index is 1.61. The predicted octanol–water partition coefficient (Wildman–Crippen LogP) is 4.02. The van der Waals surface area contributed by atoms with E-state index < -0.39 is 0 Å². The van der Waals surface area contributed by atoms with Crippen molar-refractivity contribution in [2.45, 2.75) is 57.9 Å². The van der Waals surface area contributed by atoms with Crippen molar-refractivity contribution in [3.05, 3.63) is 23.0 Å². The maximum atomic E-state index is 5.10. The highest BCUT2D eigenvalue weighted by Crippen LogP contribution is 2.57. The van der Waals surface area contributed by atoms with Crippen LogP contribution in [0.25, 0.3) is 0 Å². The van der Waals surface area contributed by atoms with Gasteiger partial charge in [0.15, 0.2) is 0 Å². The molecule has 1 aromatic rings. The summed E-state index contributed by atoms with van der Waals surface area (Å²) < 4.78 is 0. The summed E-state index contributed by atoms with van der Waals surface area (Å²) in [6.45, 7) is 4.29. The van der Waals surface area contributed by atoms with Crippen LogP contribution < -0.4 is 0 Å². The third-order valence-electron chi connectivity index (χ3n) is 5.66. The second-order valence-electron chi connectivity index (χ2n) is 7.45. The second-order valence-corrected chi connectivity index (χ2v) is 7.45. The second kappa shape index (κ2) is 3.97. The fourth-order valence-corrected chi connectivity index (χ4v) is 5.31. The molecule has 0 spiro atoms. The van der Waals surface area contributed by atoms with E-state index in [-0.39, 0.29) is 0 Å². The summed E-state index contributed by atoms with van der Waals surface area (Å²) in [7, 11) is 0. The van der Waals surface area contributed by atoms with Gasteiger partial charge in [-0.15, -0.1) is 0 Å². The molecular formula is C17H24N2. The van der Waals surface area contributed by atoms with E-state index >= 15 is 0 Å². The lowest BCUT2D eigenvalue weighted by Gasteiger charge is -2.54. The number of rotatable bonds is 2. The van der Waals surface area contributed by atoms with Crippen molar-refractivity contribution in [1.82, 2.24) is 4.98 Å². The van der Waals surface area contributed by atoms with Crippen molar-refractivity contribution in [3.8, 4) is 0 Å². The SMILES string of the molecule is Cc1cc(C)c(C=NC23CC4CC(CC(C4)C2)C3)[nH]1. The van der Waals surface area contributed by atoms with E-state index in [2.05, 4.69) is 31.1 Å². The molecule has 19 heavy (non-hydrogen) atoms. The van der Waals surface area contributed by atoms with E-state index in [9.17, 15) is 0 Å². The van der Waals surface area contributed by atoms with Crippen LogP contribution in [0.5, 0.6) is 0 Å². The van der Waals surface area contributed by atoms with Crippen LogP contribution in [0.2, 0.25) is 0 Å². The van der Waals surface area contributed by atoms with Crippen LogP contribution in [-0.4, -0.2) is 16.7 Å². The van der Waals surface area contributed by atoms with Gasteiger partial charge in [-0.25, -0.2) is 0 Å². The van der Waals surface area contributed by atoms with Crippen LogP contribution in [0.4, 0.5) is 0 Å². The van der Waals surface area contributed by atoms with E-state index in [0.29, 0.717) is 5.54 Å². The largest absolute Gasteiger partial charge is 0.358 e. The number of aliphatic imine (C=N–C) groups is 1. The Kier molecular flexibility index (Phi) is 2.46. The fourth-order valence-electron chi connectivity index (χ4n) is 5.31. The van der Waals surface area contributed by atoms with Gasteiger partial charge >= 0.3 is 0 Å². The van der Waals surface area contributed by atoms with Gasteiger partial charge in [0, 0.05) is 11.9 Å². The zero-order valence-electron chi connectivity index (χ0n) is 12.1. The van der Waals surface area contributed by atoms with Gasteiger partial charge in [0.2, 0.25) is 0 Å². The third-order valence-corrected chi connectivity index (χ3v) is 5.66. The van der Waals surface area contributed by atoms with Gasteiger partial charge in [-0.05, 0) is 81.8 Å². The van der Waals surface area contributed by atoms with Gasteiger partial charge in [0.1, 0.15) is 0 Å². The number of aromatic nitrogens is 1. The van der Waals surface area contributed by atoms with Gasteiger partial charge in [-0.3, -0.25) is 4.99 Å². The number of hydrogen-bond donors (Lipinski definition) is 1. The average molecular weight is 256 g/mol. The molecule has 0 amide bonds. The van der Waals surface area contributed by atoms with Crippen LogP contribution in [0.1, 0.15) is 55.5 Å². The molecule has 5 rings (SSSR count). The van der Waals surface area contributed by atoms with Crippen molar-refractivity contribution >= 4 is 6.21 Å². The highest BCUT2D eigenvalue weighted by atomic mass is 14.9. The molecule has 0 unspecified atom stereocenters. The first-order chi connectivity index (χ1) is 9.12. The molecule has 1 N–H and O–H groups in total. The minimum Gasteiger partial charge on any atom is -0.358 e. The van der Waals surface area contributed by atoms with E-state index in [1.54, 1.807) is 0 Å². The molecule has 0 atom stereocenters. The Labute approximate surface area is 115 Å². The van der Waals surface area contributed by atoms with Gasteiger partial charge in [0.25, 0.3) is 0 Å². The Hall–Kier alpha value is -1.05. The zero-order valence-corrected chi connectivity index (χ0v) is 12.1. The number of nitrogens with one attached hydrogen (secondary N) is 1. The van der Waals surface area contributed by atoms with E-state index in [4.69, 9.17) is 4.99 Å². The Morgan fingerprint density at radius 1 is 1.11 bits per heavy atom. The average Bonchev–Trinajstić information content (AvgIpc) is 2.64. The van der Waals surface area contributed by atoms with E-state index in [1.807, 2.05) is 0 Å². The third kappa shape index (κ3) is 1.96. The van der Waals surface area contributed by atoms with Crippen LogP contribution >= 0.6 is 0 Å². The molecule has 1 aromatic heterocycles. The Morgan fingerprint density at radius 2 is 1.68 bits per heavy atom. The van der Waals surface area contributed by atoms with Crippen molar-refractivity contribution in [3.63, 3.8) is 0 Å². The Morgan fingerprint density at radius 3 is 2.16 bits per heavy atom. The van der Waals surface area contributed by atoms with Crippen molar-refractivity contribution < 1.29 is 0 Å². The van der Waals surface area contributed by atoms with Gasteiger partial charge in [-0.2, -0.15) is 0 Å². The molecule has 0 saturated heterocycles. The summed E-state index contributed by atoms with van der Waals surface area (Å²) in [5.74, 6) is 2.94. The van der Waals surface area contributed by atoms with Crippen LogP contribution in [0, 0.1) is 31.6 Å². The lowest BCUT2D eigenvalue weighted by molar-refractivity contribution is 0.00194. The first-order valence-corrected chi connectivity index (χ1v) is 7.83. The molecule has 4 aliphatic carbocycles. The number of hydrogen-bond acceptors (Lipinski definition) is 1. The summed E-state index contributed by atoms with van der Waals surface area (Å²) in [5.41, 5.74) is 4.09. The molecule has 0 radical (unpaired) electrons. The number of aryl methyl sites for hydroxylation is 2. The molecular weight excluding hydrogens is 232 g/mol. The highest BCUT2D eigenvalue weighted by molar-refractivity contribution is 5.80. The smallest absolute Gasteiger partial charge is 0.0617 e. The molecule has 4 saturated carbocycles. The standard InChI is InChI=1S/C17H24N2/c1-11-3-12(2)19-16(11)10-18-17-7-13-4-14(8-17)6-15(5-13)9-17/h3,10,13-15,19H,4-9H2,1-2H3. The van der Waals surface area contributed by atoms with E-state index in [0.717, 1.165) is 17.8 Å². The van der Waals surface area contributed by atoms with E-state index in [1.165, 1.54) is 55.5 Å². The number of aromatic amines is 1. The summed E-state index contributed by atoms with van der Waals surface area (Å²) >= 11 is 0. The molecule has 4 aliphatic rings. The maximum Gasteiger partial charge on any atom is 0.0617 e.